The smallest absolute Gasteiger partial charge is 0.0457 e. The van der Waals surface area contributed by atoms with Crippen molar-refractivity contribution in [2.24, 2.45) is 5.73 Å². The Bertz CT molecular complexity index is 683. The van der Waals surface area contributed by atoms with Gasteiger partial charge in [0.05, 0.1) is 0 Å². The maximum absolute atomic E-state index is 6.07. The summed E-state index contributed by atoms with van der Waals surface area (Å²) in [6.07, 6.45) is 3.08. The van der Waals surface area contributed by atoms with E-state index in [1.54, 1.807) is 0 Å². The molecule has 0 radical (unpaired) electrons. The van der Waals surface area contributed by atoms with Gasteiger partial charge >= 0.3 is 0 Å². The lowest BCUT2D eigenvalue weighted by molar-refractivity contribution is 0.611. The Morgan fingerprint density at radius 1 is 1.00 bits per heavy atom. The fourth-order valence-electron chi connectivity index (χ4n) is 2.88. The van der Waals surface area contributed by atoms with E-state index in [1.807, 2.05) is 0 Å². The van der Waals surface area contributed by atoms with Crippen LogP contribution in [0.4, 0.5) is 0 Å². The zero-order valence-corrected chi connectivity index (χ0v) is 11.7. The van der Waals surface area contributed by atoms with Gasteiger partial charge in [0.15, 0.2) is 0 Å². The van der Waals surface area contributed by atoms with Gasteiger partial charge in [0, 0.05) is 29.1 Å². The predicted molar refractivity (Wildman–Crippen MR) is 84.9 cm³/mol. The van der Waals surface area contributed by atoms with Crippen LogP contribution in [-0.4, -0.2) is 11.0 Å². The third kappa shape index (κ3) is 2.47. The number of hydrogen-bond acceptors (Lipinski definition) is 1. The van der Waals surface area contributed by atoms with Gasteiger partial charge in [-0.1, -0.05) is 48.5 Å². The van der Waals surface area contributed by atoms with Crippen molar-refractivity contribution < 1.29 is 0 Å². The van der Waals surface area contributed by atoms with Crippen molar-refractivity contribution in [1.29, 1.82) is 0 Å². The number of nitrogens with one attached hydrogen (secondary N) is 1. The standard InChI is InChI=1S/C18H20N2/c1-13(19)11-16(14-7-3-2-4-8-14)17-12-20-18-10-6-5-9-15(17)18/h2-10,12-13,16,20H,11,19H2,1H3/t13-,16+/m1/s1. The molecule has 102 valence electrons. The van der Waals surface area contributed by atoms with E-state index in [1.165, 1.54) is 22.0 Å². The van der Waals surface area contributed by atoms with Crippen molar-refractivity contribution in [3.05, 3.63) is 71.9 Å². The number of hydrogen-bond donors (Lipinski definition) is 2. The second-order valence-electron chi connectivity index (χ2n) is 5.47. The molecular formula is C18H20N2. The Morgan fingerprint density at radius 2 is 1.70 bits per heavy atom. The molecule has 0 fully saturated rings. The van der Waals surface area contributed by atoms with Crippen LogP contribution in [0.1, 0.15) is 30.4 Å². The molecule has 0 aliphatic heterocycles. The zero-order chi connectivity index (χ0) is 13.9. The fraction of sp³-hybridized carbons (Fsp3) is 0.222. The molecule has 0 saturated heterocycles. The van der Waals surface area contributed by atoms with Crippen LogP contribution < -0.4 is 5.73 Å². The molecule has 0 aliphatic carbocycles. The molecule has 3 aromatic rings. The van der Waals surface area contributed by atoms with Crippen LogP contribution in [0.2, 0.25) is 0 Å². The maximum atomic E-state index is 6.07. The van der Waals surface area contributed by atoms with Crippen LogP contribution in [0.5, 0.6) is 0 Å². The summed E-state index contributed by atoms with van der Waals surface area (Å²) >= 11 is 0. The fourth-order valence-corrected chi connectivity index (χ4v) is 2.88. The molecule has 2 aromatic carbocycles. The molecule has 0 saturated carbocycles. The van der Waals surface area contributed by atoms with Crippen molar-refractivity contribution >= 4 is 10.9 Å². The van der Waals surface area contributed by atoms with Crippen molar-refractivity contribution in [2.75, 3.05) is 0 Å². The topological polar surface area (TPSA) is 41.8 Å². The van der Waals surface area contributed by atoms with Crippen LogP contribution >= 0.6 is 0 Å². The second-order valence-corrected chi connectivity index (χ2v) is 5.47. The predicted octanol–water partition coefficient (Wildman–Crippen LogP) is 4.04. The molecule has 20 heavy (non-hydrogen) atoms. The summed E-state index contributed by atoms with van der Waals surface area (Å²) in [4.78, 5) is 3.37. The Kier molecular flexibility index (Phi) is 3.57. The molecule has 1 heterocycles. The first-order chi connectivity index (χ1) is 9.75. The highest BCUT2D eigenvalue weighted by Crippen LogP contribution is 2.33. The minimum Gasteiger partial charge on any atom is -0.361 e. The van der Waals surface area contributed by atoms with Crippen molar-refractivity contribution in [2.45, 2.75) is 25.3 Å². The van der Waals surface area contributed by atoms with Gasteiger partial charge < -0.3 is 10.7 Å². The van der Waals surface area contributed by atoms with E-state index in [0.29, 0.717) is 5.92 Å². The quantitative estimate of drug-likeness (QED) is 0.733. The first-order valence-corrected chi connectivity index (χ1v) is 7.12. The maximum Gasteiger partial charge on any atom is 0.0457 e. The summed E-state index contributed by atoms with van der Waals surface area (Å²) in [7, 11) is 0. The molecule has 0 amide bonds. The number of benzene rings is 2. The average Bonchev–Trinajstić information content (AvgIpc) is 2.89. The number of para-hydroxylation sites is 1. The molecule has 0 spiro atoms. The van der Waals surface area contributed by atoms with Crippen LogP contribution in [-0.2, 0) is 0 Å². The van der Waals surface area contributed by atoms with Crippen LogP contribution in [0.25, 0.3) is 10.9 Å². The Labute approximate surface area is 119 Å². The molecule has 2 heteroatoms. The van der Waals surface area contributed by atoms with Crippen molar-refractivity contribution in [3.8, 4) is 0 Å². The highest BCUT2D eigenvalue weighted by atomic mass is 14.7. The SMILES string of the molecule is C[C@@H](N)C[C@@H](c1ccccc1)c1c[nH]c2ccccc12. The number of aromatic nitrogens is 1. The van der Waals surface area contributed by atoms with Crippen LogP contribution in [0.3, 0.4) is 0 Å². The lowest BCUT2D eigenvalue weighted by atomic mass is 9.86. The van der Waals surface area contributed by atoms with E-state index in [-0.39, 0.29) is 6.04 Å². The molecule has 0 aliphatic rings. The third-order valence-corrected chi connectivity index (χ3v) is 3.81. The van der Waals surface area contributed by atoms with Crippen LogP contribution in [0, 0.1) is 0 Å². The zero-order valence-electron chi connectivity index (χ0n) is 11.7. The molecule has 0 unspecified atom stereocenters. The molecule has 3 N–H and O–H groups in total. The molecular weight excluding hydrogens is 244 g/mol. The number of aromatic amines is 1. The monoisotopic (exact) mass is 264 g/mol. The van der Waals surface area contributed by atoms with E-state index in [2.05, 4.69) is 72.7 Å². The van der Waals surface area contributed by atoms with E-state index < -0.39 is 0 Å². The molecule has 1 aromatic heterocycles. The number of H-pyrrole nitrogens is 1. The molecule has 2 nitrogen and oxygen atoms in total. The molecule has 0 bridgehead atoms. The molecule has 3 rings (SSSR count). The van der Waals surface area contributed by atoms with E-state index >= 15 is 0 Å². The van der Waals surface area contributed by atoms with Gasteiger partial charge in [0.1, 0.15) is 0 Å². The minimum absolute atomic E-state index is 0.175. The minimum atomic E-state index is 0.175. The number of fused-ring (bicyclic) bond motifs is 1. The van der Waals surface area contributed by atoms with Crippen molar-refractivity contribution in [3.63, 3.8) is 0 Å². The second kappa shape index (κ2) is 5.51. The summed E-state index contributed by atoms with van der Waals surface area (Å²) in [6, 6.07) is 19.3. The highest BCUT2D eigenvalue weighted by molar-refractivity contribution is 5.84. The van der Waals surface area contributed by atoms with Gasteiger partial charge in [0.25, 0.3) is 0 Å². The summed E-state index contributed by atoms with van der Waals surface area (Å²) in [5.74, 6) is 0.340. The summed E-state index contributed by atoms with van der Waals surface area (Å²) in [6.45, 7) is 2.07. The summed E-state index contributed by atoms with van der Waals surface area (Å²) in [5, 5.41) is 1.29. The van der Waals surface area contributed by atoms with E-state index in [4.69, 9.17) is 5.73 Å². The average molecular weight is 264 g/mol. The molecule has 2 atom stereocenters. The largest absolute Gasteiger partial charge is 0.361 e. The van der Waals surface area contributed by atoms with Gasteiger partial charge in [0.2, 0.25) is 0 Å². The third-order valence-electron chi connectivity index (χ3n) is 3.81. The summed E-state index contributed by atoms with van der Waals surface area (Å²) in [5.41, 5.74) is 9.92. The lowest BCUT2D eigenvalue weighted by Gasteiger charge is -2.19. The first-order valence-electron chi connectivity index (χ1n) is 7.12. The lowest BCUT2D eigenvalue weighted by Crippen LogP contribution is -2.19. The van der Waals surface area contributed by atoms with Crippen LogP contribution in [0.15, 0.2) is 60.8 Å². The van der Waals surface area contributed by atoms with Gasteiger partial charge in [-0.3, -0.25) is 0 Å². The van der Waals surface area contributed by atoms with Gasteiger partial charge in [-0.15, -0.1) is 0 Å². The Morgan fingerprint density at radius 3 is 2.45 bits per heavy atom. The highest BCUT2D eigenvalue weighted by Gasteiger charge is 2.19. The Balaban J connectivity index is 2.09. The normalized spacial score (nSPS) is 14.3. The number of nitrogens with two attached hydrogens (primary N) is 1. The van der Waals surface area contributed by atoms with Crippen molar-refractivity contribution in [1.82, 2.24) is 4.98 Å². The first kappa shape index (κ1) is 12.9. The van der Waals surface area contributed by atoms with E-state index in [9.17, 15) is 0 Å². The van der Waals surface area contributed by atoms with Gasteiger partial charge in [-0.25, -0.2) is 0 Å². The Hall–Kier alpha value is -2.06. The number of rotatable bonds is 4. The summed E-state index contributed by atoms with van der Waals surface area (Å²) < 4.78 is 0. The van der Waals surface area contributed by atoms with Gasteiger partial charge in [-0.05, 0) is 30.5 Å². The van der Waals surface area contributed by atoms with Gasteiger partial charge in [-0.2, -0.15) is 0 Å². The van der Waals surface area contributed by atoms with E-state index in [0.717, 1.165) is 6.42 Å².